The van der Waals surface area contributed by atoms with Crippen LogP contribution in [0.1, 0.15) is 0 Å². The molecule has 0 aliphatic heterocycles. The summed E-state index contributed by atoms with van der Waals surface area (Å²) in [5, 5.41) is 12.9. The monoisotopic (exact) mass is 129 g/mol. The van der Waals surface area contributed by atoms with Gasteiger partial charge in [-0.05, 0) is 24.5 Å². The lowest BCUT2D eigenvalue weighted by molar-refractivity contribution is 0.710. The molecule has 1 aromatic heterocycles. The average Bonchev–Trinajstić information content (AvgIpc) is 2.20. The van der Waals surface area contributed by atoms with Gasteiger partial charge in [0, 0.05) is 7.05 Å². The summed E-state index contributed by atoms with van der Waals surface area (Å²) in [6.45, 7) is 0. The van der Waals surface area contributed by atoms with Crippen LogP contribution in [-0.2, 0) is 7.05 Å². The Hall–Kier alpha value is -0.970. The SMILES string of the molecule is CNC.Cn1cnnn1. The van der Waals surface area contributed by atoms with E-state index in [2.05, 4.69) is 20.8 Å². The maximum Gasteiger partial charge on any atom is 0.137 e. The van der Waals surface area contributed by atoms with E-state index < -0.39 is 0 Å². The van der Waals surface area contributed by atoms with Crippen molar-refractivity contribution < 1.29 is 0 Å². The molecule has 0 aromatic carbocycles. The highest BCUT2D eigenvalue weighted by atomic mass is 15.5. The molecule has 52 valence electrons. The number of tetrazole rings is 1. The van der Waals surface area contributed by atoms with Gasteiger partial charge >= 0.3 is 0 Å². The van der Waals surface area contributed by atoms with Crippen LogP contribution in [0.3, 0.4) is 0 Å². The van der Waals surface area contributed by atoms with E-state index >= 15 is 0 Å². The molecule has 1 rings (SSSR count). The van der Waals surface area contributed by atoms with E-state index in [0.717, 1.165) is 0 Å². The molecule has 0 fully saturated rings. The second kappa shape index (κ2) is 5.17. The third-order valence-electron chi connectivity index (χ3n) is 0.451. The predicted octanol–water partition coefficient (Wildman–Crippen LogP) is -0.954. The number of rotatable bonds is 0. The zero-order valence-corrected chi connectivity index (χ0v) is 5.87. The van der Waals surface area contributed by atoms with Crippen molar-refractivity contribution >= 4 is 0 Å². The fourth-order valence-corrected chi connectivity index (χ4v) is 0.207. The number of nitrogens with one attached hydrogen (secondary N) is 1. The van der Waals surface area contributed by atoms with Crippen LogP contribution in [0.4, 0.5) is 0 Å². The zero-order valence-electron chi connectivity index (χ0n) is 5.87. The van der Waals surface area contributed by atoms with Crippen LogP contribution in [0.25, 0.3) is 0 Å². The maximum atomic E-state index is 3.47. The van der Waals surface area contributed by atoms with Gasteiger partial charge in [-0.2, -0.15) is 0 Å². The zero-order chi connectivity index (χ0) is 7.11. The van der Waals surface area contributed by atoms with Gasteiger partial charge in [0.1, 0.15) is 6.33 Å². The molecule has 0 bridgehead atoms. The number of hydrogen-bond acceptors (Lipinski definition) is 4. The highest BCUT2D eigenvalue weighted by Crippen LogP contribution is 1.58. The summed E-state index contributed by atoms with van der Waals surface area (Å²) < 4.78 is 1.53. The summed E-state index contributed by atoms with van der Waals surface area (Å²) in [6.07, 6.45) is 1.53. The van der Waals surface area contributed by atoms with Crippen molar-refractivity contribution in [1.82, 2.24) is 25.5 Å². The Kier molecular flexibility index (Phi) is 4.61. The molecule has 0 unspecified atom stereocenters. The van der Waals surface area contributed by atoms with Crippen molar-refractivity contribution in [2.75, 3.05) is 14.1 Å². The van der Waals surface area contributed by atoms with Crippen LogP contribution in [0.5, 0.6) is 0 Å². The Morgan fingerprint density at radius 1 is 1.44 bits per heavy atom. The Balaban J connectivity index is 0.000000187. The minimum Gasteiger partial charge on any atom is -0.323 e. The van der Waals surface area contributed by atoms with E-state index in [1.165, 1.54) is 11.0 Å². The minimum atomic E-state index is 1.53. The van der Waals surface area contributed by atoms with Crippen LogP contribution < -0.4 is 5.32 Å². The van der Waals surface area contributed by atoms with Crippen LogP contribution in [0.15, 0.2) is 6.33 Å². The van der Waals surface area contributed by atoms with Crippen LogP contribution in [-0.4, -0.2) is 34.3 Å². The van der Waals surface area contributed by atoms with Gasteiger partial charge in [-0.15, -0.1) is 5.10 Å². The predicted molar refractivity (Wildman–Crippen MR) is 33.8 cm³/mol. The molecule has 0 amide bonds. The third-order valence-corrected chi connectivity index (χ3v) is 0.451. The van der Waals surface area contributed by atoms with Gasteiger partial charge in [-0.3, -0.25) is 0 Å². The first-order chi connectivity index (χ1) is 4.31. The fourth-order valence-electron chi connectivity index (χ4n) is 0.207. The van der Waals surface area contributed by atoms with Crippen molar-refractivity contribution in [2.24, 2.45) is 7.05 Å². The molecule has 0 spiro atoms. The minimum absolute atomic E-state index is 1.53. The lowest BCUT2D eigenvalue weighted by atomic mass is 11.2. The molecule has 0 saturated carbocycles. The molecule has 5 heteroatoms. The van der Waals surface area contributed by atoms with Gasteiger partial charge in [0.2, 0.25) is 0 Å². The fraction of sp³-hybridized carbons (Fsp3) is 0.750. The number of nitrogens with zero attached hydrogens (tertiary/aromatic N) is 4. The van der Waals surface area contributed by atoms with Crippen molar-refractivity contribution in [2.45, 2.75) is 0 Å². The van der Waals surface area contributed by atoms with E-state index in [9.17, 15) is 0 Å². The average molecular weight is 129 g/mol. The molecule has 0 saturated heterocycles. The second-order valence-electron chi connectivity index (χ2n) is 1.48. The first kappa shape index (κ1) is 8.03. The second-order valence-corrected chi connectivity index (χ2v) is 1.48. The molecule has 0 aliphatic carbocycles. The van der Waals surface area contributed by atoms with E-state index in [0.29, 0.717) is 0 Å². The van der Waals surface area contributed by atoms with Gasteiger partial charge in [-0.1, -0.05) is 0 Å². The van der Waals surface area contributed by atoms with Crippen molar-refractivity contribution in [3.8, 4) is 0 Å². The summed E-state index contributed by atoms with van der Waals surface area (Å²) in [4.78, 5) is 0. The smallest absolute Gasteiger partial charge is 0.137 e. The molecule has 0 atom stereocenters. The van der Waals surface area contributed by atoms with Crippen LogP contribution in [0.2, 0.25) is 0 Å². The first-order valence-corrected chi connectivity index (χ1v) is 2.56. The van der Waals surface area contributed by atoms with Crippen molar-refractivity contribution in [1.29, 1.82) is 0 Å². The molecular weight excluding hydrogens is 118 g/mol. The summed E-state index contributed by atoms with van der Waals surface area (Å²) in [5.74, 6) is 0. The maximum absolute atomic E-state index is 3.47. The highest BCUT2D eigenvalue weighted by Gasteiger charge is 1.72. The molecule has 1 N–H and O–H groups in total. The summed E-state index contributed by atoms with van der Waals surface area (Å²) >= 11 is 0. The molecule has 5 nitrogen and oxygen atoms in total. The van der Waals surface area contributed by atoms with E-state index in [-0.39, 0.29) is 0 Å². The van der Waals surface area contributed by atoms with E-state index in [4.69, 9.17) is 0 Å². The summed E-state index contributed by atoms with van der Waals surface area (Å²) in [7, 11) is 5.51. The van der Waals surface area contributed by atoms with Gasteiger partial charge < -0.3 is 5.32 Å². The standard InChI is InChI=1S/C2H4N4.C2H7N/c1-6-2-3-4-5-6;1-3-2/h2H,1H3;3H,1-2H3. The van der Waals surface area contributed by atoms with Gasteiger partial charge in [-0.25, -0.2) is 4.68 Å². The lowest BCUT2D eigenvalue weighted by Crippen LogP contribution is -1.89. The Morgan fingerprint density at radius 3 is 2.11 bits per heavy atom. The van der Waals surface area contributed by atoms with E-state index in [1.807, 2.05) is 14.1 Å². The quantitative estimate of drug-likeness (QED) is 0.490. The first-order valence-electron chi connectivity index (χ1n) is 2.56. The van der Waals surface area contributed by atoms with Gasteiger partial charge in [0.25, 0.3) is 0 Å². The molecule has 1 aromatic rings. The molecule has 9 heavy (non-hydrogen) atoms. The molecule has 0 radical (unpaired) electrons. The Labute approximate surface area is 54.1 Å². The lowest BCUT2D eigenvalue weighted by Gasteiger charge is -1.71. The van der Waals surface area contributed by atoms with Crippen LogP contribution in [0, 0.1) is 0 Å². The molecular formula is C4H11N5. The summed E-state index contributed by atoms with van der Waals surface area (Å²) in [5.41, 5.74) is 0. The molecule has 0 aliphatic rings. The highest BCUT2D eigenvalue weighted by molar-refractivity contribution is 4.35. The topological polar surface area (TPSA) is 55.6 Å². The third kappa shape index (κ3) is 4.89. The molecule has 1 heterocycles. The van der Waals surface area contributed by atoms with E-state index in [1.54, 1.807) is 7.05 Å². The largest absolute Gasteiger partial charge is 0.323 e. The number of aromatic nitrogens is 4. The normalized spacial score (nSPS) is 7.89. The van der Waals surface area contributed by atoms with Crippen molar-refractivity contribution in [3.63, 3.8) is 0 Å². The summed E-state index contributed by atoms with van der Waals surface area (Å²) in [6, 6.07) is 0. The van der Waals surface area contributed by atoms with Gasteiger partial charge in [0.05, 0.1) is 0 Å². The number of aryl methyl sites for hydroxylation is 1. The van der Waals surface area contributed by atoms with Crippen LogP contribution >= 0.6 is 0 Å². The van der Waals surface area contributed by atoms with Gasteiger partial charge in [0.15, 0.2) is 0 Å². The Bertz CT molecular complexity index is 124. The Morgan fingerprint density at radius 2 is 2.00 bits per heavy atom. The van der Waals surface area contributed by atoms with Crippen molar-refractivity contribution in [3.05, 3.63) is 6.33 Å². The number of hydrogen-bond donors (Lipinski definition) is 1.